The number of carbonyl (C=O) groups excluding carboxylic acids is 1. The number of phenols is 2. The van der Waals surface area contributed by atoms with Crippen molar-refractivity contribution in [3.63, 3.8) is 0 Å². The fourth-order valence-electron chi connectivity index (χ4n) is 3.25. The van der Waals surface area contributed by atoms with E-state index in [1.165, 1.54) is 12.5 Å². The van der Waals surface area contributed by atoms with Gasteiger partial charge in [-0.1, -0.05) is 0 Å². The summed E-state index contributed by atoms with van der Waals surface area (Å²) in [5.74, 6) is -0.460. The van der Waals surface area contributed by atoms with Crippen molar-refractivity contribution in [1.29, 1.82) is 0 Å². The van der Waals surface area contributed by atoms with Gasteiger partial charge in [0, 0.05) is 0 Å². The van der Waals surface area contributed by atoms with E-state index in [0.717, 1.165) is 30.3 Å². The van der Waals surface area contributed by atoms with E-state index in [2.05, 4.69) is 15.6 Å². The minimum absolute atomic E-state index is 0.0594. The van der Waals surface area contributed by atoms with Crippen molar-refractivity contribution in [2.45, 2.75) is 38.1 Å². The molecule has 1 heterocycles. The predicted octanol–water partition coefficient (Wildman–Crippen LogP) is 1.80. The van der Waals surface area contributed by atoms with Gasteiger partial charge in [-0.2, -0.15) is 0 Å². The van der Waals surface area contributed by atoms with E-state index in [4.69, 9.17) is 0 Å². The van der Waals surface area contributed by atoms with Gasteiger partial charge < -0.3 is 0 Å². The molecule has 1 aliphatic heterocycles. The molecule has 5 nitrogen and oxygen atoms in total. The van der Waals surface area contributed by atoms with Crippen molar-refractivity contribution in [2.24, 2.45) is 0 Å². The molecular formula is C17H20N2O3Se. The fourth-order valence-corrected chi connectivity index (χ4v) is 3.94. The molecule has 1 aromatic rings. The van der Waals surface area contributed by atoms with Crippen LogP contribution in [-0.4, -0.2) is 59.3 Å². The summed E-state index contributed by atoms with van der Waals surface area (Å²) in [6.45, 7) is 0. The third-order valence-corrected chi connectivity index (χ3v) is 5.56. The van der Waals surface area contributed by atoms with Crippen LogP contribution in [0.4, 0.5) is 0 Å². The first kappa shape index (κ1) is 16.1. The molecule has 1 saturated heterocycles. The number of para-hydroxylation sites is 1. The van der Waals surface area contributed by atoms with Gasteiger partial charge in [0.15, 0.2) is 0 Å². The van der Waals surface area contributed by atoms with Crippen LogP contribution in [0.3, 0.4) is 0 Å². The van der Waals surface area contributed by atoms with Crippen LogP contribution in [0.25, 0.3) is 6.08 Å². The molecule has 1 aliphatic carbocycles. The zero-order valence-electron chi connectivity index (χ0n) is 13.0. The van der Waals surface area contributed by atoms with Crippen LogP contribution in [-0.2, 0) is 4.79 Å². The number of rotatable bonds is 2. The van der Waals surface area contributed by atoms with E-state index in [1.54, 1.807) is 23.1 Å². The SMILES string of the molecule is CN1C(=[Se])N(C2CCCCC2)C(=O)/C1=C\c1cccc(O)c1O. The third-order valence-electron chi connectivity index (χ3n) is 4.57. The van der Waals surface area contributed by atoms with Gasteiger partial charge in [-0.25, -0.2) is 0 Å². The number of carbonyl (C=O) groups is 1. The maximum atomic E-state index is 12.9. The summed E-state index contributed by atoms with van der Waals surface area (Å²) in [5.41, 5.74) is 0.920. The fraction of sp³-hybridized carbons (Fsp3) is 0.412. The molecule has 2 aliphatic rings. The number of likely N-dealkylation sites (N-methyl/N-ethyl adjacent to an activating group) is 1. The number of hydrogen-bond acceptors (Lipinski definition) is 4. The Balaban J connectivity index is 1.94. The van der Waals surface area contributed by atoms with Gasteiger partial charge in [0.2, 0.25) is 0 Å². The first-order chi connectivity index (χ1) is 11.0. The molecule has 2 N–H and O–H groups in total. The molecule has 1 saturated carbocycles. The van der Waals surface area contributed by atoms with Gasteiger partial charge in [0.25, 0.3) is 0 Å². The van der Waals surface area contributed by atoms with Crippen molar-refractivity contribution in [3.05, 3.63) is 29.5 Å². The van der Waals surface area contributed by atoms with Crippen molar-refractivity contribution in [2.75, 3.05) is 7.05 Å². The molecule has 1 amide bonds. The van der Waals surface area contributed by atoms with E-state index in [0.29, 0.717) is 11.3 Å². The van der Waals surface area contributed by atoms with Crippen LogP contribution in [0, 0.1) is 0 Å². The second-order valence-electron chi connectivity index (χ2n) is 6.05. The zero-order chi connectivity index (χ0) is 16.6. The molecule has 0 radical (unpaired) electrons. The Morgan fingerprint density at radius 1 is 1.22 bits per heavy atom. The number of nitrogens with zero attached hydrogens (tertiary/aromatic N) is 2. The summed E-state index contributed by atoms with van der Waals surface area (Å²) in [6.07, 6.45) is 7.20. The Morgan fingerprint density at radius 2 is 1.91 bits per heavy atom. The molecule has 0 aromatic heterocycles. The monoisotopic (exact) mass is 380 g/mol. The van der Waals surface area contributed by atoms with Gasteiger partial charge >= 0.3 is 143 Å². The second-order valence-corrected chi connectivity index (χ2v) is 6.82. The number of benzene rings is 1. The van der Waals surface area contributed by atoms with Gasteiger partial charge in [0.05, 0.1) is 0 Å². The van der Waals surface area contributed by atoms with Crippen LogP contribution >= 0.6 is 0 Å². The molecule has 3 rings (SSSR count). The Hall–Kier alpha value is -1.78. The van der Waals surface area contributed by atoms with Gasteiger partial charge in [0.1, 0.15) is 0 Å². The summed E-state index contributed by atoms with van der Waals surface area (Å²) in [5, 5.41) is 19.6. The van der Waals surface area contributed by atoms with Crippen LogP contribution in [0.5, 0.6) is 11.5 Å². The molecular weight excluding hydrogens is 359 g/mol. The number of aromatic hydroxyl groups is 2. The number of amides is 1. The van der Waals surface area contributed by atoms with Gasteiger partial charge in [-0.15, -0.1) is 0 Å². The summed E-state index contributed by atoms with van der Waals surface area (Å²) < 4.78 is 0.799. The topological polar surface area (TPSA) is 64.0 Å². The average molecular weight is 379 g/mol. The number of phenolic OH excluding ortho intramolecular Hbond substituents is 2. The van der Waals surface area contributed by atoms with E-state index in [-0.39, 0.29) is 23.4 Å². The summed E-state index contributed by atoms with van der Waals surface area (Å²) in [6, 6.07) is 4.96. The van der Waals surface area contributed by atoms with Crippen LogP contribution < -0.4 is 0 Å². The standard InChI is InChI=1S/C17H20N2O3Se/c1-18-13(10-11-6-5-9-14(20)15(11)21)16(22)19(17(18)23)12-7-3-2-4-8-12/h5-6,9-10,12,20-21H,2-4,7-8H2,1H3/b13-10+. The molecule has 2 fully saturated rings. The Bertz CT molecular complexity index is 680. The third kappa shape index (κ3) is 2.89. The molecule has 0 bridgehead atoms. The maximum absolute atomic E-state index is 12.9. The van der Waals surface area contributed by atoms with Crippen LogP contribution in [0.15, 0.2) is 23.9 Å². The van der Waals surface area contributed by atoms with Crippen molar-refractivity contribution >= 4 is 32.2 Å². The van der Waals surface area contributed by atoms with Crippen molar-refractivity contribution in [1.82, 2.24) is 9.80 Å². The number of hydrogen-bond donors (Lipinski definition) is 2. The molecule has 0 spiro atoms. The first-order valence-corrected chi connectivity index (χ1v) is 8.70. The van der Waals surface area contributed by atoms with Crippen molar-refractivity contribution in [3.8, 4) is 11.5 Å². The van der Waals surface area contributed by atoms with Gasteiger partial charge in [-0.05, 0) is 0 Å². The van der Waals surface area contributed by atoms with E-state index in [9.17, 15) is 15.0 Å². The molecule has 1 aromatic carbocycles. The summed E-state index contributed by atoms with van der Waals surface area (Å²) in [7, 11) is 1.83. The normalized spacial score (nSPS) is 21.5. The molecule has 0 atom stereocenters. The van der Waals surface area contributed by atoms with Crippen LogP contribution in [0.1, 0.15) is 37.7 Å². The Kier molecular flexibility index (Phi) is 4.46. The summed E-state index contributed by atoms with van der Waals surface area (Å²) in [4.78, 5) is 16.5. The zero-order valence-corrected chi connectivity index (χ0v) is 14.7. The van der Waals surface area contributed by atoms with Crippen LogP contribution in [0.2, 0.25) is 0 Å². The summed E-state index contributed by atoms with van der Waals surface area (Å²) >= 11 is 3.00. The minimum atomic E-state index is -0.209. The van der Waals surface area contributed by atoms with E-state index < -0.39 is 0 Å². The average Bonchev–Trinajstić information content (AvgIpc) is 2.76. The van der Waals surface area contributed by atoms with Crippen molar-refractivity contribution < 1.29 is 15.0 Å². The predicted molar refractivity (Wildman–Crippen MR) is 90.0 cm³/mol. The van der Waals surface area contributed by atoms with E-state index in [1.807, 2.05) is 11.9 Å². The van der Waals surface area contributed by atoms with Gasteiger partial charge in [-0.3, -0.25) is 0 Å². The molecule has 23 heavy (non-hydrogen) atoms. The molecule has 122 valence electrons. The molecule has 6 heteroatoms. The van der Waals surface area contributed by atoms with E-state index >= 15 is 0 Å². The Morgan fingerprint density at radius 3 is 2.61 bits per heavy atom. The quantitative estimate of drug-likeness (QED) is 0.467. The first-order valence-electron chi connectivity index (χ1n) is 7.84. The molecule has 0 unspecified atom stereocenters. The second kappa shape index (κ2) is 6.38. The Labute approximate surface area is 143 Å².